The Morgan fingerprint density at radius 2 is 1.73 bits per heavy atom. The van der Waals surface area contributed by atoms with E-state index in [1.807, 2.05) is 67.7 Å². The summed E-state index contributed by atoms with van der Waals surface area (Å²) in [5.74, 6) is 1.08. The highest BCUT2D eigenvalue weighted by Crippen LogP contribution is 2.56. The number of ether oxygens (including phenoxy) is 2. The number of rotatable bonds is 5. The van der Waals surface area contributed by atoms with Gasteiger partial charge in [-0.05, 0) is 42.8 Å². The minimum absolute atomic E-state index is 0.315. The van der Waals surface area contributed by atoms with Crippen molar-refractivity contribution in [2.75, 3.05) is 24.2 Å². The van der Waals surface area contributed by atoms with Crippen LogP contribution in [-0.4, -0.2) is 19.6 Å². The lowest BCUT2D eigenvalue weighted by Gasteiger charge is -2.37. The Kier molecular flexibility index (Phi) is 4.39. The number of carbonyl (C=O) groups excluding carboxylic acids is 1. The summed E-state index contributed by atoms with van der Waals surface area (Å²) in [4.78, 5) is 12.9. The minimum atomic E-state index is -1.02. The number of carbonyl (C=O) groups is 1. The molecule has 3 aromatic rings. The lowest BCUT2D eigenvalue weighted by atomic mass is 9.77. The number of benzene rings is 3. The topological polar surface area (TPSA) is 59.6 Å². The average molecular weight is 400 g/mol. The molecule has 30 heavy (non-hydrogen) atoms. The van der Waals surface area contributed by atoms with Crippen LogP contribution in [0.1, 0.15) is 46.8 Å². The molecular weight excluding hydrogens is 376 g/mol. The highest BCUT2D eigenvalue weighted by molar-refractivity contribution is 5.97. The van der Waals surface area contributed by atoms with Crippen LogP contribution in [0.5, 0.6) is 11.5 Å². The predicted molar refractivity (Wildman–Crippen MR) is 118 cm³/mol. The molecule has 0 saturated heterocycles. The van der Waals surface area contributed by atoms with Gasteiger partial charge in [-0.15, -0.1) is 0 Å². The number of fused-ring (bicyclic) bond motifs is 6. The van der Waals surface area contributed by atoms with E-state index >= 15 is 0 Å². The van der Waals surface area contributed by atoms with E-state index in [9.17, 15) is 4.79 Å². The van der Waals surface area contributed by atoms with Crippen LogP contribution in [-0.2, 0) is 10.3 Å². The standard InChI is InChI=1S/C25H24N2O3/c1-3-4-13-27-17-9-11-20-23(15-17)29-22-12-10-16(26-2)14-21(22)25(20)19-8-6-5-7-18(19)24(28)30-25/h5-12,14-15,26-27H,3-4,13H2,1-2H3. The Bertz CT molecular complexity index is 1140. The highest BCUT2D eigenvalue weighted by Gasteiger charge is 2.53. The molecule has 0 saturated carbocycles. The maximum absolute atomic E-state index is 12.9. The summed E-state index contributed by atoms with van der Waals surface area (Å²) in [6, 6.07) is 19.5. The van der Waals surface area contributed by atoms with Crippen LogP contribution in [0.3, 0.4) is 0 Å². The van der Waals surface area contributed by atoms with Crippen LogP contribution >= 0.6 is 0 Å². The third-order valence-corrected chi connectivity index (χ3v) is 5.86. The van der Waals surface area contributed by atoms with E-state index in [2.05, 4.69) is 17.6 Å². The lowest BCUT2D eigenvalue weighted by Crippen LogP contribution is -2.33. The zero-order chi connectivity index (χ0) is 20.7. The van der Waals surface area contributed by atoms with Gasteiger partial charge < -0.3 is 20.1 Å². The number of unbranched alkanes of at least 4 members (excludes halogenated alkanes) is 1. The second kappa shape index (κ2) is 7.10. The summed E-state index contributed by atoms with van der Waals surface area (Å²) >= 11 is 0. The maximum Gasteiger partial charge on any atom is 0.340 e. The van der Waals surface area contributed by atoms with Gasteiger partial charge in [0.05, 0.1) is 5.56 Å². The Morgan fingerprint density at radius 3 is 2.57 bits per heavy atom. The summed E-state index contributed by atoms with van der Waals surface area (Å²) in [5, 5.41) is 6.62. The molecule has 5 rings (SSSR count). The van der Waals surface area contributed by atoms with Crippen molar-refractivity contribution in [1.29, 1.82) is 0 Å². The van der Waals surface area contributed by atoms with Gasteiger partial charge in [-0.2, -0.15) is 0 Å². The van der Waals surface area contributed by atoms with E-state index in [4.69, 9.17) is 9.47 Å². The van der Waals surface area contributed by atoms with Crippen molar-refractivity contribution in [3.05, 3.63) is 82.9 Å². The fourth-order valence-electron chi connectivity index (χ4n) is 4.35. The largest absolute Gasteiger partial charge is 0.456 e. The third-order valence-electron chi connectivity index (χ3n) is 5.86. The Morgan fingerprint density at radius 1 is 0.900 bits per heavy atom. The van der Waals surface area contributed by atoms with Crippen LogP contribution in [0.2, 0.25) is 0 Å². The maximum atomic E-state index is 12.9. The Labute approximate surface area is 176 Å². The summed E-state index contributed by atoms with van der Waals surface area (Å²) < 4.78 is 12.5. The zero-order valence-electron chi connectivity index (χ0n) is 17.1. The number of esters is 1. The molecule has 1 atom stereocenters. The second-order valence-electron chi connectivity index (χ2n) is 7.67. The van der Waals surface area contributed by atoms with Gasteiger partial charge in [-0.25, -0.2) is 4.79 Å². The lowest BCUT2D eigenvalue weighted by molar-refractivity contribution is 0.0224. The second-order valence-corrected chi connectivity index (χ2v) is 7.67. The van der Waals surface area contributed by atoms with Gasteiger partial charge in [0.1, 0.15) is 11.5 Å². The van der Waals surface area contributed by atoms with Crippen molar-refractivity contribution in [3.63, 3.8) is 0 Å². The Balaban J connectivity index is 1.72. The van der Waals surface area contributed by atoms with Crippen molar-refractivity contribution >= 4 is 17.3 Å². The molecule has 5 heteroatoms. The van der Waals surface area contributed by atoms with Crippen LogP contribution in [0, 0.1) is 0 Å². The molecule has 2 N–H and O–H groups in total. The van der Waals surface area contributed by atoms with Crippen LogP contribution < -0.4 is 15.4 Å². The first-order chi connectivity index (χ1) is 14.7. The fraction of sp³-hybridized carbons (Fsp3) is 0.240. The molecule has 0 aliphatic carbocycles. The molecule has 2 aliphatic rings. The van der Waals surface area contributed by atoms with Gasteiger partial charge in [0.25, 0.3) is 0 Å². The van der Waals surface area contributed by atoms with E-state index in [0.29, 0.717) is 17.1 Å². The molecule has 0 fully saturated rings. The van der Waals surface area contributed by atoms with E-state index in [-0.39, 0.29) is 5.97 Å². The molecule has 1 spiro atoms. The van der Waals surface area contributed by atoms with Gasteiger partial charge in [0, 0.05) is 47.7 Å². The van der Waals surface area contributed by atoms with Crippen LogP contribution in [0.4, 0.5) is 11.4 Å². The number of hydrogen-bond donors (Lipinski definition) is 2. The quantitative estimate of drug-likeness (QED) is 0.437. The Hall–Kier alpha value is -3.47. The zero-order valence-corrected chi connectivity index (χ0v) is 17.1. The van der Waals surface area contributed by atoms with E-state index in [1.54, 1.807) is 0 Å². The van der Waals surface area contributed by atoms with Crippen LogP contribution in [0.25, 0.3) is 0 Å². The molecule has 5 nitrogen and oxygen atoms in total. The van der Waals surface area contributed by atoms with Crippen molar-refractivity contribution in [2.45, 2.75) is 25.4 Å². The molecule has 0 bridgehead atoms. The predicted octanol–water partition coefficient (Wildman–Crippen LogP) is 5.51. The molecule has 0 radical (unpaired) electrons. The van der Waals surface area contributed by atoms with Crippen molar-refractivity contribution in [1.82, 2.24) is 0 Å². The molecular formula is C25H24N2O3. The SMILES string of the molecule is CCCCNc1ccc2c(c1)Oc1ccc(NC)cc1C21OC(=O)c2ccccc21. The molecule has 2 aliphatic heterocycles. The smallest absolute Gasteiger partial charge is 0.340 e. The first-order valence-electron chi connectivity index (χ1n) is 10.4. The minimum Gasteiger partial charge on any atom is -0.456 e. The monoisotopic (exact) mass is 400 g/mol. The van der Waals surface area contributed by atoms with Gasteiger partial charge in [0.15, 0.2) is 5.60 Å². The molecule has 152 valence electrons. The number of anilines is 2. The average Bonchev–Trinajstić information content (AvgIpc) is 3.07. The van der Waals surface area contributed by atoms with Gasteiger partial charge >= 0.3 is 5.97 Å². The molecule has 1 unspecified atom stereocenters. The van der Waals surface area contributed by atoms with Gasteiger partial charge in [0.2, 0.25) is 0 Å². The first kappa shape index (κ1) is 18.6. The van der Waals surface area contributed by atoms with Crippen molar-refractivity contribution in [2.24, 2.45) is 0 Å². The van der Waals surface area contributed by atoms with Crippen molar-refractivity contribution in [3.8, 4) is 11.5 Å². The first-order valence-corrected chi connectivity index (χ1v) is 10.4. The van der Waals surface area contributed by atoms with E-state index < -0.39 is 5.60 Å². The third kappa shape index (κ3) is 2.65. The van der Waals surface area contributed by atoms with Gasteiger partial charge in [-0.1, -0.05) is 31.5 Å². The highest BCUT2D eigenvalue weighted by atomic mass is 16.6. The summed E-state index contributed by atoms with van der Waals surface area (Å²) in [6.07, 6.45) is 2.23. The van der Waals surface area contributed by atoms with Crippen molar-refractivity contribution < 1.29 is 14.3 Å². The van der Waals surface area contributed by atoms with Gasteiger partial charge in [-0.3, -0.25) is 0 Å². The summed E-state index contributed by atoms with van der Waals surface area (Å²) in [6.45, 7) is 3.07. The number of nitrogens with one attached hydrogen (secondary N) is 2. The fourth-order valence-corrected chi connectivity index (χ4v) is 4.35. The molecule has 0 amide bonds. The van der Waals surface area contributed by atoms with E-state index in [0.717, 1.165) is 47.5 Å². The molecule has 0 aromatic heterocycles. The van der Waals surface area contributed by atoms with Crippen LogP contribution in [0.15, 0.2) is 60.7 Å². The summed E-state index contributed by atoms with van der Waals surface area (Å²) in [5.41, 5.74) is 4.00. The number of hydrogen-bond acceptors (Lipinski definition) is 5. The normalized spacial score (nSPS) is 18.1. The summed E-state index contributed by atoms with van der Waals surface area (Å²) in [7, 11) is 1.87. The molecule has 3 aromatic carbocycles. The molecule has 2 heterocycles. The van der Waals surface area contributed by atoms with E-state index in [1.165, 1.54) is 0 Å².